The zero-order chi connectivity index (χ0) is 37.0. The molecular formula is C47H48N2O4. The zero-order valence-electron chi connectivity index (χ0n) is 30.5. The van der Waals surface area contributed by atoms with Crippen LogP contribution >= 0.6 is 0 Å². The van der Waals surface area contributed by atoms with Crippen molar-refractivity contribution in [3.8, 4) is 11.1 Å². The van der Waals surface area contributed by atoms with Crippen molar-refractivity contribution < 1.29 is 20.4 Å². The highest BCUT2D eigenvalue weighted by Gasteiger charge is 2.37. The highest BCUT2D eigenvalue weighted by Crippen LogP contribution is 2.52. The molecule has 0 spiro atoms. The van der Waals surface area contributed by atoms with E-state index in [1.807, 2.05) is 0 Å². The molecule has 7 rings (SSSR count). The van der Waals surface area contributed by atoms with E-state index in [-0.39, 0.29) is 31.8 Å². The molecule has 0 bridgehead atoms. The van der Waals surface area contributed by atoms with Crippen molar-refractivity contribution in [1.29, 1.82) is 0 Å². The molecule has 1 aliphatic rings. The summed E-state index contributed by atoms with van der Waals surface area (Å²) in [6.07, 6.45) is 2.46. The summed E-state index contributed by atoms with van der Waals surface area (Å²) in [7, 11) is 0. The molecule has 0 amide bonds. The van der Waals surface area contributed by atoms with Gasteiger partial charge in [0.05, 0.1) is 0 Å². The molecule has 53 heavy (non-hydrogen) atoms. The van der Waals surface area contributed by atoms with Gasteiger partial charge in [-0.3, -0.25) is 0 Å². The van der Waals surface area contributed by atoms with E-state index < -0.39 is 0 Å². The van der Waals surface area contributed by atoms with Gasteiger partial charge >= 0.3 is 0 Å². The van der Waals surface area contributed by atoms with Crippen LogP contribution in [0.15, 0.2) is 133 Å². The minimum Gasteiger partial charge on any atom is -0.396 e. The predicted octanol–water partition coefficient (Wildman–Crippen LogP) is 9.07. The van der Waals surface area contributed by atoms with Crippen LogP contribution in [0, 0.1) is 0 Å². The van der Waals surface area contributed by atoms with E-state index in [0.29, 0.717) is 25.7 Å². The van der Waals surface area contributed by atoms with Gasteiger partial charge in [0.25, 0.3) is 0 Å². The first kappa shape index (κ1) is 36.1. The number of nitrogens with zero attached hydrogens (tertiary/aromatic N) is 2. The molecule has 0 atom stereocenters. The van der Waals surface area contributed by atoms with Crippen LogP contribution in [0.3, 0.4) is 0 Å². The summed E-state index contributed by atoms with van der Waals surface area (Å²) in [5, 5.41) is 38.0. The Morgan fingerprint density at radius 1 is 0.358 bits per heavy atom. The monoisotopic (exact) mass is 704 g/mol. The largest absolute Gasteiger partial charge is 0.396 e. The first-order valence-electron chi connectivity index (χ1n) is 18.5. The second-order valence-electron chi connectivity index (χ2n) is 14.3. The van der Waals surface area contributed by atoms with E-state index in [1.54, 1.807) is 0 Å². The zero-order valence-corrected chi connectivity index (χ0v) is 30.5. The first-order chi connectivity index (χ1) is 25.8. The van der Waals surface area contributed by atoms with Gasteiger partial charge in [-0.25, -0.2) is 0 Å². The lowest BCUT2D eigenvalue weighted by molar-refractivity contribution is 0.299. The number of anilines is 6. The van der Waals surface area contributed by atoms with Crippen LogP contribution in [-0.2, 0) is 31.1 Å². The molecule has 4 N–H and O–H groups in total. The number of benzene rings is 6. The second kappa shape index (κ2) is 15.8. The Hall–Kier alpha value is -5.24. The summed E-state index contributed by atoms with van der Waals surface area (Å²) in [5.74, 6) is 0. The molecule has 0 heterocycles. The van der Waals surface area contributed by atoms with Crippen molar-refractivity contribution in [3.05, 3.63) is 167 Å². The van der Waals surface area contributed by atoms with E-state index in [9.17, 15) is 20.4 Å². The van der Waals surface area contributed by atoms with Crippen LogP contribution in [0.1, 0.15) is 47.2 Å². The third-order valence-corrected chi connectivity index (χ3v) is 10.5. The van der Waals surface area contributed by atoms with Crippen LogP contribution in [0.5, 0.6) is 0 Å². The molecule has 0 saturated heterocycles. The van der Waals surface area contributed by atoms with Crippen molar-refractivity contribution in [2.45, 2.75) is 44.9 Å². The van der Waals surface area contributed by atoms with Crippen LogP contribution in [-0.4, -0.2) is 46.9 Å². The minimum atomic E-state index is -0.292. The van der Waals surface area contributed by atoms with E-state index in [2.05, 4.69) is 157 Å². The number of hydrogen-bond acceptors (Lipinski definition) is 6. The number of aliphatic hydroxyl groups is 4. The van der Waals surface area contributed by atoms with Crippen molar-refractivity contribution in [2.75, 3.05) is 36.2 Å². The highest BCUT2D eigenvalue weighted by molar-refractivity contribution is 5.88. The average molecular weight is 705 g/mol. The van der Waals surface area contributed by atoms with E-state index in [0.717, 1.165) is 56.4 Å². The van der Waals surface area contributed by atoms with Crippen LogP contribution in [0.25, 0.3) is 11.1 Å². The summed E-state index contributed by atoms with van der Waals surface area (Å²) >= 11 is 0. The van der Waals surface area contributed by atoms with E-state index in [1.165, 1.54) is 22.3 Å². The normalized spacial score (nSPS) is 12.7. The maximum Gasteiger partial charge on any atom is 0.0471 e. The van der Waals surface area contributed by atoms with Crippen LogP contribution in [0.4, 0.5) is 34.1 Å². The number of rotatable bonds is 14. The van der Waals surface area contributed by atoms with Gasteiger partial charge < -0.3 is 30.2 Å². The summed E-state index contributed by atoms with van der Waals surface area (Å²) < 4.78 is 0. The standard InChI is InChI=1S/C47H48N2O4/c1-47(2)45-31-41(48(37-11-3-33(4-12-37)23-27-50)38-13-5-34(6-14-38)24-28-51)19-21-43(45)44-22-20-42(32-46(44)47)49(39-15-7-35(8-16-39)25-29-52)40-17-9-36(10-18-40)26-30-53/h3-22,31-32,50-53H,23-30H2,1-2H3. The maximum absolute atomic E-state index is 9.51. The molecule has 0 radical (unpaired) electrons. The van der Waals surface area contributed by atoms with E-state index in [4.69, 9.17) is 0 Å². The third kappa shape index (κ3) is 7.37. The van der Waals surface area contributed by atoms with Crippen molar-refractivity contribution in [1.82, 2.24) is 0 Å². The maximum atomic E-state index is 9.51. The van der Waals surface area contributed by atoms with Gasteiger partial charge in [0.2, 0.25) is 0 Å². The Morgan fingerprint density at radius 2 is 0.604 bits per heavy atom. The topological polar surface area (TPSA) is 87.4 Å². The van der Waals surface area contributed by atoms with Gasteiger partial charge in [-0.15, -0.1) is 0 Å². The van der Waals surface area contributed by atoms with Crippen LogP contribution < -0.4 is 9.80 Å². The number of hydrogen-bond donors (Lipinski definition) is 4. The summed E-state index contributed by atoms with van der Waals surface area (Å²) in [6, 6.07) is 47.2. The lowest BCUT2D eigenvalue weighted by Crippen LogP contribution is -2.17. The molecule has 6 aromatic rings. The Balaban J connectivity index is 1.29. The molecular weight excluding hydrogens is 657 g/mol. The fourth-order valence-corrected chi connectivity index (χ4v) is 7.65. The van der Waals surface area contributed by atoms with Gasteiger partial charge in [0.1, 0.15) is 0 Å². The molecule has 6 nitrogen and oxygen atoms in total. The lowest BCUT2D eigenvalue weighted by atomic mass is 9.82. The van der Waals surface area contributed by atoms with Crippen molar-refractivity contribution >= 4 is 34.1 Å². The third-order valence-electron chi connectivity index (χ3n) is 10.5. The Kier molecular flexibility index (Phi) is 10.8. The number of aliphatic hydroxyl groups excluding tert-OH is 4. The smallest absolute Gasteiger partial charge is 0.0471 e. The Labute approximate surface area is 312 Å². The highest BCUT2D eigenvalue weighted by atomic mass is 16.3. The SMILES string of the molecule is CC1(C)c2cc(N(c3ccc(CCO)cc3)c3ccc(CCO)cc3)ccc2-c2ccc(N(c3ccc(CCO)cc3)c3ccc(CCO)cc3)cc21. The van der Waals surface area contributed by atoms with Gasteiger partial charge in [0.15, 0.2) is 0 Å². The first-order valence-corrected chi connectivity index (χ1v) is 18.5. The van der Waals surface area contributed by atoms with Crippen molar-refractivity contribution in [2.24, 2.45) is 0 Å². The predicted molar refractivity (Wildman–Crippen MR) is 217 cm³/mol. The van der Waals surface area contributed by atoms with Gasteiger partial charge in [0, 0.05) is 66.0 Å². The van der Waals surface area contributed by atoms with Crippen molar-refractivity contribution in [3.63, 3.8) is 0 Å². The summed E-state index contributed by atoms with van der Waals surface area (Å²) in [4.78, 5) is 4.55. The summed E-state index contributed by atoms with van der Waals surface area (Å²) in [5.41, 5.74) is 15.3. The molecule has 0 unspecified atom stereocenters. The average Bonchev–Trinajstić information content (AvgIpc) is 3.40. The number of fused-ring (bicyclic) bond motifs is 3. The fourth-order valence-electron chi connectivity index (χ4n) is 7.65. The molecule has 0 fully saturated rings. The lowest BCUT2D eigenvalue weighted by Gasteiger charge is -2.29. The van der Waals surface area contributed by atoms with Crippen LogP contribution in [0.2, 0.25) is 0 Å². The molecule has 1 aliphatic carbocycles. The molecule has 0 saturated carbocycles. The Morgan fingerprint density at radius 3 is 0.849 bits per heavy atom. The van der Waals surface area contributed by atoms with Gasteiger partial charge in [-0.05, 0) is 143 Å². The second-order valence-corrected chi connectivity index (χ2v) is 14.3. The molecule has 0 aromatic heterocycles. The van der Waals surface area contributed by atoms with Gasteiger partial charge in [-0.2, -0.15) is 0 Å². The molecule has 0 aliphatic heterocycles. The molecule has 270 valence electrons. The molecule has 6 heteroatoms. The minimum absolute atomic E-state index is 0.114. The quantitative estimate of drug-likeness (QED) is 0.0906. The Bertz CT molecular complexity index is 1890. The van der Waals surface area contributed by atoms with E-state index >= 15 is 0 Å². The molecule has 6 aromatic carbocycles. The summed E-state index contributed by atoms with van der Waals surface area (Å²) in [6.45, 7) is 5.07. The van der Waals surface area contributed by atoms with Gasteiger partial charge in [-0.1, -0.05) is 74.5 Å². The fraction of sp³-hybridized carbons (Fsp3) is 0.234.